The van der Waals surface area contributed by atoms with Crippen molar-refractivity contribution in [3.63, 3.8) is 0 Å². The molecule has 3 heteroatoms. The SMILES string of the molecule is CC(=O)CCN(C)c1cccc(F)c1. The quantitative estimate of drug-likeness (QED) is 0.734. The topological polar surface area (TPSA) is 20.3 Å². The summed E-state index contributed by atoms with van der Waals surface area (Å²) in [5, 5.41) is 0. The van der Waals surface area contributed by atoms with Gasteiger partial charge in [-0.1, -0.05) is 6.07 Å². The lowest BCUT2D eigenvalue weighted by Crippen LogP contribution is -2.20. The average molecular weight is 195 g/mol. The molecule has 0 atom stereocenters. The molecule has 0 aliphatic heterocycles. The zero-order valence-corrected chi connectivity index (χ0v) is 8.46. The monoisotopic (exact) mass is 195 g/mol. The van der Waals surface area contributed by atoms with Crippen molar-refractivity contribution in [3.8, 4) is 0 Å². The molecule has 14 heavy (non-hydrogen) atoms. The molecule has 76 valence electrons. The van der Waals surface area contributed by atoms with Gasteiger partial charge in [-0.3, -0.25) is 4.79 Å². The molecule has 0 amide bonds. The van der Waals surface area contributed by atoms with Crippen LogP contribution in [0.25, 0.3) is 0 Å². The van der Waals surface area contributed by atoms with Gasteiger partial charge in [-0.05, 0) is 25.1 Å². The van der Waals surface area contributed by atoms with Gasteiger partial charge in [0.05, 0.1) is 0 Å². The van der Waals surface area contributed by atoms with Crippen LogP contribution in [0.5, 0.6) is 0 Å². The average Bonchev–Trinajstić information content (AvgIpc) is 2.14. The van der Waals surface area contributed by atoms with E-state index in [9.17, 15) is 9.18 Å². The Labute approximate surface area is 83.3 Å². The van der Waals surface area contributed by atoms with Gasteiger partial charge in [0.1, 0.15) is 11.6 Å². The highest BCUT2D eigenvalue weighted by atomic mass is 19.1. The van der Waals surface area contributed by atoms with E-state index < -0.39 is 0 Å². The molecule has 0 heterocycles. The predicted octanol–water partition coefficient (Wildman–Crippen LogP) is 2.24. The number of benzene rings is 1. The summed E-state index contributed by atoms with van der Waals surface area (Å²) in [6, 6.07) is 6.35. The number of hydrogen-bond donors (Lipinski definition) is 0. The second-order valence-electron chi connectivity index (χ2n) is 3.35. The van der Waals surface area contributed by atoms with Gasteiger partial charge in [0.25, 0.3) is 0 Å². The van der Waals surface area contributed by atoms with Gasteiger partial charge < -0.3 is 4.90 Å². The van der Waals surface area contributed by atoms with Gasteiger partial charge in [0.15, 0.2) is 0 Å². The fourth-order valence-electron chi connectivity index (χ4n) is 1.17. The first kappa shape index (κ1) is 10.7. The highest BCUT2D eigenvalue weighted by Gasteiger charge is 2.02. The Kier molecular flexibility index (Phi) is 3.63. The molecule has 0 bridgehead atoms. The van der Waals surface area contributed by atoms with Crippen LogP contribution in [0.3, 0.4) is 0 Å². The van der Waals surface area contributed by atoms with E-state index in [-0.39, 0.29) is 11.6 Å². The van der Waals surface area contributed by atoms with Gasteiger partial charge in [-0.15, -0.1) is 0 Å². The van der Waals surface area contributed by atoms with Gasteiger partial charge in [-0.25, -0.2) is 4.39 Å². The van der Waals surface area contributed by atoms with E-state index in [4.69, 9.17) is 0 Å². The minimum Gasteiger partial charge on any atom is -0.374 e. The highest BCUT2D eigenvalue weighted by molar-refractivity contribution is 5.76. The number of halogens is 1. The molecule has 0 radical (unpaired) electrons. The van der Waals surface area contributed by atoms with Crippen LogP contribution in [-0.4, -0.2) is 19.4 Å². The lowest BCUT2D eigenvalue weighted by Gasteiger charge is -2.18. The van der Waals surface area contributed by atoms with Crippen molar-refractivity contribution in [3.05, 3.63) is 30.1 Å². The fraction of sp³-hybridized carbons (Fsp3) is 0.364. The van der Waals surface area contributed by atoms with E-state index >= 15 is 0 Å². The summed E-state index contributed by atoms with van der Waals surface area (Å²) >= 11 is 0. The Morgan fingerprint density at radius 2 is 2.21 bits per heavy atom. The Bertz CT molecular complexity index is 325. The van der Waals surface area contributed by atoms with Crippen LogP contribution < -0.4 is 4.90 Å². The molecule has 1 aromatic rings. The fourth-order valence-corrected chi connectivity index (χ4v) is 1.17. The molecule has 0 aromatic heterocycles. The lowest BCUT2D eigenvalue weighted by molar-refractivity contribution is -0.116. The third kappa shape index (κ3) is 3.17. The van der Waals surface area contributed by atoms with Crippen molar-refractivity contribution in [1.29, 1.82) is 0 Å². The molecular weight excluding hydrogens is 181 g/mol. The summed E-state index contributed by atoms with van der Waals surface area (Å²) in [7, 11) is 1.84. The summed E-state index contributed by atoms with van der Waals surface area (Å²) in [5.41, 5.74) is 0.797. The van der Waals surface area contributed by atoms with E-state index in [1.807, 2.05) is 18.0 Å². The summed E-state index contributed by atoms with van der Waals surface area (Å²) in [6.07, 6.45) is 0.493. The van der Waals surface area contributed by atoms with Crippen LogP contribution in [0.4, 0.5) is 10.1 Å². The van der Waals surface area contributed by atoms with Gasteiger partial charge in [-0.2, -0.15) is 0 Å². The van der Waals surface area contributed by atoms with Crippen molar-refractivity contribution in [2.45, 2.75) is 13.3 Å². The number of anilines is 1. The molecule has 0 unspecified atom stereocenters. The number of Topliss-reactive ketones (excluding diaryl/α,β-unsaturated/α-hetero) is 1. The Balaban J connectivity index is 2.60. The van der Waals surface area contributed by atoms with Crippen LogP contribution in [0, 0.1) is 5.82 Å². The van der Waals surface area contributed by atoms with Crippen LogP contribution in [-0.2, 0) is 4.79 Å². The standard InChI is InChI=1S/C11H14FNO/c1-9(14)6-7-13(2)11-5-3-4-10(12)8-11/h3-5,8H,6-7H2,1-2H3. The van der Waals surface area contributed by atoms with E-state index in [0.29, 0.717) is 13.0 Å². The number of carbonyl (C=O) groups is 1. The molecule has 0 saturated carbocycles. The molecule has 0 aliphatic carbocycles. The maximum Gasteiger partial charge on any atom is 0.131 e. The zero-order chi connectivity index (χ0) is 10.6. The van der Waals surface area contributed by atoms with Gasteiger partial charge >= 0.3 is 0 Å². The molecule has 1 aromatic carbocycles. The highest BCUT2D eigenvalue weighted by Crippen LogP contribution is 2.13. The van der Waals surface area contributed by atoms with Crippen LogP contribution >= 0.6 is 0 Å². The largest absolute Gasteiger partial charge is 0.374 e. The zero-order valence-electron chi connectivity index (χ0n) is 8.46. The Morgan fingerprint density at radius 1 is 1.50 bits per heavy atom. The van der Waals surface area contributed by atoms with E-state index in [2.05, 4.69) is 0 Å². The van der Waals surface area contributed by atoms with Crippen molar-refractivity contribution in [2.24, 2.45) is 0 Å². The van der Waals surface area contributed by atoms with Crippen LogP contribution in [0.15, 0.2) is 24.3 Å². The molecule has 0 fully saturated rings. The maximum absolute atomic E-state index is 12.8. The first-order valence-corrected chi connectivity index (χ1v) is 4.56. The summed E-state index contributed by atoms with van der Waals surface area (Å²) in [4.78, 5) is 12.6. The summed E-state index contributed by atoms with van der Waals surface area (Å²) in [5.74, 6) is -0.106. The van der Waals surface area contributed by atoms with Crippen LogP contribution in [0.1, 0.15) is 13.3 Å². The number of carbonyl (C=O) groups excluding carboxylic acids is 1. The lowest BCUT2D eigenvalue weighted by atomic mass is 10.2. The van der Waals surface area contributed by atoms with E-state index in [1.165, 1.54) is 12.1 Å². The number of rotatable bonds is 4. The number of hydrogen-bond acceptors (Lipinski definition) is 2. The van der Waals surface area contributed by atoms with E-state index in [1.54, 1.807) is 13.0 Å². The Hall–Kier alpha value is -1.38. The molecule has 1 rings (SSSR count). The number of ketones is 1. The van der Waals surface area contributed by atoms with Crippen molar-refractivity contribution < 1.29 is 9.18 Å². The molecule has 2 nitrogen and oxygen atoms in total. The third-order valence-corrected chi connectivity index (χ3v) is 2.05. The summed E-state index contributed by atoms with van der Waals surface area (Å²) in [6.45, 7) is 2.18. The Morgan fingerprint density at radius 3 is 2.79 bits per heavy atom. The van der Waals surface area contributed by atoms with Crippen molar-refractivity contribution in [2.75, 3.05) is 18.5 Å². The summed E-state index contributed by atoms with van der Waals surface area (Å²) < 4.78 is 12.8. The molecular formula is C11H14FNO. The molecule has 0 saturated heterocycles. The molecule has 0 aliphatic rings. The minimum absolute atomic E-state index is 0.147. The predicted molar refractivity (Wildman–Crippen MR) is 55.0 cm³/mol. The first-order valence-electron chi connectivity index (χ1n) is 4.56. The van der Waals surface area contributed by atoms with Gasteiger partial charge in [0.2, 0.25) is 0 Å². The van der Waals surface area contributed by atoms with Gasteiger partial charge in [0, 0.05) is 25.7 Å². The molecule has 0 N–H and O–H groups in total. The normalized spacial score (nSPS) is 9.93. The van der Waals surface area contributed by atoms with Crippen LogP contribution in [0.2, 0.25) is 0 Å². The third-order valence-electron chi connectivity index (χ3n) is 2.05. The second-order valence-corrected chi connectivity index (χ2v) is 3.35. The van der Waals surface area contributed by atoms with Crippen molar-refractivity contribution >= 4 is 11.5 Å². The first-order chi connectivity index (χ1) is 6.59. The van der Waals surface area contributed by atoms with Crippen molar-refractivity contribution in [1.82, 2.24) is 0 Å². The van der Waals surface area contributed by atoms with E-state index in [0.717, 1.165) is 5.69 Å². The minimum atomic E-state index is -0.253. The second kappa shape index (κ2) is 4.74. The smallest absolute Gasteiger partial charge is 0.131 e. The maximum atomic E-state index is 12.8. The molecule has 0 spiro atoms. The number of nitrogens with zero attached hydrogens (tertiary/aromatic N) is 1.